The van der Waals surface area contributed by atoms with Gasteiger partial charge in [-0.05, 0) is 55.9 Å². The number of aromatic nitrogens is 1. The molecule has 45 heavy (non-hydrogen) atoms. The first-order chi connectivity index (χ1) is 21.4. The van der Waals surface area contributed by atoms with Crippen LogP contribution >= 0.6 is 11.6 Å². The molecule has 3 saturated carbocycles. The molecule has 4 aliphatic rings. The molecule has 0 radical (unpaired) electrons. The Hall–Kier alpha value is -4.00. The summed E-state index contributed by atoms with van der Waals surface area (Å²) in [7, 11) is 1.40. The van der Waals surface area contributed by atoms with Crippen LogP contribution in [0.4, 0.5) is 13.2 Å². The molecule has 3 fully saturated rings. The zero-order chi connectivity index (χ0) is 32.3. The van der Waals surface area contributed by atoms with E-state index < -0.39 is 62.5 Å². The van der Waals surface area contributed by atoms with Gasteiger partial charge in [0.2, 0.25) is 5.91 Å². The number of carbonyl (C=O) groups is 2. The summed E-state index contributed by atoms with van der Waals surface area (Å²) in [5, 5.41) is 24.7. The van der Waals surface area contributed by atoms with Crippen molar-refractivity contribution in [3.8, 4) is 11.3 Å². The number of primary amides is 1. The summed E-state index contributed by atoms with van der Waals surface area (Å²) in [5.74, 6) is -4.78. The Kier molecular flexibility index (Phi) is 7.87. The van der Waals surface area contributed by atoms with Gasteiger partial charge in [0.15, 0.2) is 5.82 Å². The van der Waals surface area contributed by atoms with Crippen LogP contribution in [-0.2, 0) is 25.3 Å². The van der Waals surface area contributed by atoms with E-state index in [0.29, 0.717) is 30.5 Å². The van der Waals surface area contributed by atoms with Crippen molar-refractivity contribution in [3.05, 3.63) is 87.2 Å². The minimum atomic E-state index is -1.85. The SMILES string of the molecule is COC1=CC(C(=O)NC[C@](O)(c2cc(C3(C(N)=O)CC3)c(F)c(-c3cc(Cl)c(F)cc3F)n2)C2CC2)=C/C(=C/[NH2+]C2CC2)C1=N. The number of ether oxygens (including phenoxy) is 1. The summed E-state index contributed by atoms with van der Waals surface area (Å²) in [6.07, 6.45) is 8.52. The highest BCUT2D eigenvalue weighted by atomic mass is 35.5. The summed E-state index contributed by atoms with van der Waals surface area (Å²) in [5.41, 5.74) is 1.96. The lowest BCUT2D eigenvalue weighted by atomic mass is 9.86. The standard InChI is InChI=1S/C32H31ClF3N5O4/c1-45-24-9-15(8-16(27(24)37)13-39-18-4-5-18)29(42)40-14-32(44,17-2-3-17)25-11-20(31(6-7-31)30(38)43)26(36)28(41-25)19-10-21(33)23(35)12-22(19)34/h8-13,17-18,37,39,44H,2-7,14H2,1H3,(H2,38,43)(H,40,42)/p+1/b16-13-,37-27?/t32-/m1/s1. The molecule has 1 heterocycles. The van der Waals surface area contributed by atoms with E-state index in [0.717, 1.165) is 18.9 Å². The number of hydrogen-bond donors (Lipinski definition) is 5. The topological polar surface area (TPSA) is 155 Å². The number of nitrogens with two attached hydrogens (primary N) is 2. The van der Waals surface area contributed by atoms with Crippen LogP contribution < -0.4 is 16.4 Å². The Morgan fingerprint density at radius 2 is 1.91 bits per heavy atom. The third kappa shape index (κ3) is 5.78. The number of methoxy groups -OCH3 is 1. The number of nitrogens with zero attached hydrogens (tertiary/aromatic N) is 1. The average Bonchev–Trinajstić information content (AvgIpc) is 3.86. The number of pyridine rings is 1. The molecule has 7 N–H and O–H groups in total. The van der Waals surface area contributed by atoms with Gasteiger partial charge in [0.25, 0.3) is 5.91 Å². The number of hydrogen-bond acceptors (Lipinski definition) is 6. The van der Waals surface area contributed by atoms with Crippen LogP contribution in [0.25, 0.3) is 11.3 Å². The van der Waals surface area contributed by atoms with Crippen LogP contribution in [0.5, 0.6) is 0 Å². The van der Waals surface area contributed by atoms with E-state index in [1.54, 1.807) is 12.3 Å². The van der Waals surface area contributed by atoms with Crippen molar-refractivity contribution in [2.24, 2.45) is 11.7 Å². The number of halogens is 4. The maximum Gasteiger partial charge on any atom is 0.251 e. The number of allylic oxidation sites excluding steroid dienone is 2. The molecule has 13 heteroatoms. The van der Waals surface area contributed by atoms with E-state index in [-0.39, 0.29) is 47.7 Å². The Bertz CT molecular complexity index is 1730. The van der Waals surface area contributed by atoms with Gasteiger partial charge in [-0.25, -0.2) is 18.2 Å². The fourth-order valence-corrected chi connectivity index (χ4v) is 5.83. The summed E-state index contributed by atoms with van der Waals surface area (Å²) >= 11 is 5.91. The molecular weight excluding hydrogens is 611 g/mol. The van der Waals surface area contributed by atoms with E-state index in [1.165, 1.54) is 19.3 Å². The molecule has 0 spiro atoms. The minimum absolute atomic E-state index is 0.101. The highest BCUT2D eigenvalue weighted by Gasteiger charge is 2.54. The van der Waals surface area contributed by atoms with E-state index in [4.69, 9.17) is 27.5 Å². The Balaban J connectivity index is 1.37. The van der Waals surface area contributed by atoms with Crippen molar-refractivity contribution in [1.29, 1.82) is 5.41 Å². The Labute approximate surface area is 261 Å². The number of aliphatic hydroxyl groups is 1. The highest BCUT2D eigenvalue weighted by molar-refractivity contribution is 6.31. The monoisotopic (exact) mass is 642 g/mol. The molecule has 6 rings (SSSR count). The summed E-state index contributed by atoms with van der Waals surface area (Å²) in [6, 6.07) is 3.10. The maximum absolute atomic E-state index is 16.1. The summed E-state index contributed by atoms with van der Waals surface area (Å²) in [6.45, 7) is -0.359. The minimum Gasteiger partial charge on any atom is -0.494 e. The van der Waals surface area contributed by atoms with Crippen LogP contribution in [0.2, 0.25) is 5.02 Å². The first-order valence-corrected chi connectivity index (χ1v) is 15.0. The van der Waals surface area contributed by atoms with Gasteiger partial charge in [-0.15, -0.1) is 0 Å². The van der Waals surface area contributed by atoms with Gasteiger partial charge < -0.3 is 26.2 Å². The fourth-order valence-electron chi connectivity index (χ4n) is 5.67. The lowest BCUT2D eigenvalue weighted by Gasteiger charge is -2.30. The van der Waals surface area contributed by atoms with Crippen LogP contribution in [0.3, 0.4) is 0 Å². The molecule has 4 aliphatic carbocycles. The molecular formula is C32H32ClF3N5O4+. The number of carbonyl (C=O) groups excluding carboxylic acids is 2. The van der Waals surface area contributed by atoms with Crippen molar-refractivity contribution in [1.82, 2.24) is 10.3 Å². The number of rotatable bonds is 11. The van der Waals surface area contributed by atoms with Gasteiger partial charge in [0, 0.05) is 35.6 Å². The fraction of sp³-hybridized carbons (Fsp3) is 0.375. The predicted molar refractivity (Wildman–Crippen MR) is 158 cm³/mol. The normalized spacial score (nSPS) is 21.1. The van der Waals surface area contributed by atoms with Crippen LogP contribution in [0, 0.1) is 28.8 Å². The van der Waals surface area contributed by atoms with Gasteiger partial charge in [-0.1, -0.05) is 11.6 Å². The molecule has 0 aliphatic heterocycles. The molecule has 1 atom stereocenters. The second-order valence-corrected chi connectivity index (χ2v) is 12.5. The maximum atomic E-state index is 16.1. The van der Waals surface area contributed by atoms with Gasteiger partial charge >= 0.3 is 0 Å². The van der Waals surface area contributed by atoms with Gasteiger partial charge in [-0.3, -0.25) is 15.0 Å². The van der Waals surface area contributed by atoms with Crippen molar-refractivity contribution in [2.75, 3.05) is 13.7 Å². The molecule has 1 aromatic carbocycles. The third-order valence-electron chi connectivity index (χ3n) is 8.96. The second-order valence-electron chi connectivity index (χ2n) is 12.1. The lowest BCUT2D eigenvalue weighted by molar-refractivity contribution is -0.602. The summed E-state index contributed by atoms with van der Waals surface area (Å²) in [4.78, 5) is 30.2. The Morgan fingerprint density at radius 1 is 1.20 bits per heavy atom. The third-order valence-corrected chi connectivity index (χ3v) is 9.25. The zero-order valence-corrected chi connectivity index (χ0v) is 25.1. The van der Waals surface area contributed by atoms with Crippen molar-refractivity contribution in [2.45, 2.75) is 55.6 Å². The second kappa shape index (κ2) is 11.4. The summed E-state index contributed by atoms with van der Waals surface area (Å²) < 4.78 is 50.4. The first-order valence-electron chi connectivity index (χ1n) is 14.7. The molecule has 1 aromatic heterocycles. The van der Waals surface area contributed by atoms with Crippen molar-refractivity contribution in [3.63, 3.8) is 0 Å². The first kappa shape index (κ1) is 31.0. The van der Waals surface area contributed by atoms with Crippen molar-refractivity contribution >= 4 is 29.1 Å². The molecule has 9 nitrogen and oxygen atoms in total. The van der Waals surface area contributed by atoms with Gasteiger partial charge in [-0.2, -0.15) is 0 Å². The van der Waals surface area contributed by atoms with E-state index in [2.05, 4.69) is 10.3 Å². The molecule has 2 amide bonds. The van der Waals surface area contributed by atoms with E-state index in [9.17, 15) is 19.1 Å². The van der Waals surface area contributed by atoms with Crippen LogP contribution in [-0.4, -0.2) is 47.3 Å². The van der Waals surface area contributed by atoms with Gasteiger partial charge in [0.05, 0.1) is 41.4 Å². The molecule has 0 bridgehead atoms. The number of nitrogens with one attached hydrogen (secondary N) is 2. The van der Waals surface area contributed by atoms with E-state index in [1.807, 2.05) is 5.32 Å². The van der Waals surface area contributed by atoms with Crippen LogP contribution in [0.1, 0.15) is 49.8 Å². The zero-order valence-electron chi connectivity index (χ0n) is 24.4. The van der Waals surface area contributed by atoms with Crippen molar-refractivity contribution < 1.29 is 37.9 Å². The smallest absolute Gasteiger partial charge is 0.251 e. The van der Waals surface area contributed by atoms with Gasteiger partial charge in [0.1, 0.15) is 40.6 Å². The largest absolute Gasteiger partial charge is 0.494 e. The molecule has 0 saturated heterocycles. The number of amides is 2. The highest BCUT2D eigenvalue weighted by Crippen LogP contribution is 2.52. The van der Waals surface area contributed by atoms with E-state index >= 15 is 8.78 Å². The van der Waals surface area contributed by atoms with Crippen LogP contribution in [0.15, 0.2) is 53.5 Å². The molecule has 0 unspecified atom stereocenters. The molecule has 236 valence electrons. The number of benzene rings is 1. The quantitative estimate of drug-likeness (QED) is 0.238. The average molecular weight is 643 g/mol. The molecule has 2 aromatic rings. The predicted octanol–water partition coefficient (Wildman–Crippen LogP) is 3.15. The number of quaternary nitrogens is 1. The Morgan fingerprint density at radius 3 is 2.51 bits per heavy atom. The lowest BCUT2D eigenvalue weighted by Crippen LogP contribution is -2.80.